The van der Waals surface area contributed by atoms with Gasteiger partial charge in [-0.2, -0.15) is 35.2 Å². The van der Waals surface area contributed by atoms with Crippen LogP contribution in [0.2, 0.25) is 19.6 Å². The van der Waals surface area contributed by atoms with E-state index in [9.17, 15) is 0 Å². The number of hydrogen-bond donors (Lipinski definition) is 0. The zero-order valence-electron chi connectivity index (χ0n) is 15.1. The van der Waals surface area contributed by atoms with E-state index in [4.69, 9.17) is 4.43 Å². The van der Waals surface area contributed by atoms with Gasteiger partial charge in [-0.25, -0.2) is 12.1 Å². The van der Waals surface area contributed by atoms with Crippen LogP contribution in [0.1, 0.15) is 12.0 Å². The molecule has 0 fully saturated rings. The van der Waals surface area contributed by atoms with E-state index in [0.29, 0.717) is 0 Å². The van der Waals surface area contributed by atoms with Crippen molar-refractivity contribution in [2.24, 2.45) is 0 Å². The summed E-state index contributed by atoms with van der Waals surface area (Å²) in [6.07, 6.45) is 2.30. The summed E-state index contributed by atoms with van der Waals surface area (Å²) in [6.45, 7) is 7.61. The van der Waals surface area contributed by atoms with E-state index in [1.807, 2.05) is 0 Å². The van der Waals surface area contributed by atoms with Crippen molar-refractivity contribution in [3.8, 4) is 0 Å². The molecule has 0 saturated carbocycles. The second kappa shape index (κ2) is 13.9. The first-order chi connectivity index (χ1) is 10.5. The topological polar surface area (TPSA) is 9.23 Å². The molecule has 0 saturated heterocycles. The van der Waals surface area contributed by atoms with E-state index in [0.717, 1.165) is 19.4 Å². The molecule has 0 amide bonds. The second-order valence-corrected chi connectivity index (χ2v) is 11.0. The van der Waals surface area contributed by atoms with E-state index in [1.165, 1.54) is 16.3 Å². The maximum absolute atomic E-state index is 5.77. The van der Waals surface area contributed by atoms with E-state index in [1.54, 1.807) is 0 Å². The minimum atomic E-state index is -1.28. The van der Waals surface area contributed by atoms with Crippen LogP contribution >= 0.6 is 0 Å². The van der Waals surface area contributed by atoms with Gasteiger partial charge in [-0.15, -0.1) is 29.7 Å². The monoisotopic (exact) mass is 470 g/mol. The number of halogens is 2. The van der Waals surface area contributed by atoms with Crippen LogP contribution in [0.3, 0.4) is 0 Å². The van der Waals surface area contributed by atoms with Gasteiger partial charge in [0.05, 0.1) is 0 Å². The average Bonchev–Trinajstić information content (AvgIpc) is 3.14. The fourth-order valence-corrected chi connectivity index (χ4v) is 3.06. The van der Waals surface area contributed by atoms with Crippen molar-refractivity contribution in [2.45, 2.75) is 32.5 Å². The SMILES string of the molecule is C[Si](C)(C)OCCC[c-]1cccc1.[Cl-].[Cl-].[Zr+4].c1ccc2[cH-]ccc2c1. The first-order valence-corrected chi connectivity index (χ1v) is 11.4. The van der Waals surface area contributed by atoms with Gasteiger partial charge >= 0.3 is 26.2 Å². The molecule has 0 aliphatic heterocycles. The summed E-state index contributed by atoms with van der Waals surface area (Å²) in [5.41, 5.74) is 1.43. The number of fused-ring (bicyclic) bond motifs is 1. The average molecular weight is 473 g/mol. The summed E-state index contributed by atoms with van der Waals surface area (Å²) >= 11 is 0. The normalized spacial score (nSPS) is 9.88. The summed E-state index contributed by atoms with van der Waals surface area (Å²) in [5.74, 6) is 0. The van der Waals surface area contributed by atoms with Gasteiger partial charge in [0.15, 0.2) is 8.32 Å². The minimum Gasteiger partial charge on any atom is -1.00 e. The molecule has 5 heteroatoms. The zero-order chi connectivity index (χ0) is 15.8. The quantitative estimate of drug-likeness (QED) is 0.283. The van der Waals surface area contributed by atoms with Gasteiger partial charge in [-0.1, -0.05) is 12.5 Å². The standard InChI is InChI=1S/C11H19OSi.C9H7.2ClH.Zr/c1-13(2,3)12-10-6-9-11-7-4-5-8-11;1-2-5-9-7-3-6-8(9)4-1;;;/h4-5,7-8H,6,9-10H2,1-3H3;1-7H;2*1H;/q2*-1;;;+4/p-2. The van der Waals surface area contributed by atoms with Gasteiger partial charge in [0.1, 0.15) is 0 Å². The summed E-state index contributed by atoms with van der Waals surface area (Å²) in [7, 11) is -1.28. The molecule has 0 N–H and O–H groups in total. The number of benzene rings is 1. The summed E-state index contributed by atoms with van der Waals surface area (Å²) < 4.78 is 5.77. The van der Waals surface area contributed by atoms with Crippen LogP contribution in [0.5, 0.6) is 0 Å². The molecule has 3 aromatic carbocycles. The molecule has 134 valence electrons. The summed E-state index contributed by atoms with van der Waals surface area (Å²) in [6, 6.07) is 23.2. The second-order valence-electron chi connectivity index (χ2n) is 6.51. The molecule has 25 heavy (non-hydrogen) atoms. The van der Waals surface area contributed by atoms with Crippen molar-refractivity contribution in [3.63, 3.8) is 0 Å². The molecule has 0 heterocycles. The van der Waals surface area contributed by atoms with E-state index < -0.39 is 8.32 Å². The number of hydrogen-bond acceptors (Lipinski definition) is 1. The summed E-state index contributed by atoms with van der Waals surface area (Å²) in [4.78, 5) is 0. The third-order valence-corrected chi connectivity index (χ3v) is 4.49. The Kier molecular flexibility index (Phi) is 15.1. The smallest absolute Gasteiger partial charge is 1.00 e. The largest absolute Gasteiger partial charge is 4.00 e. The maximum Gasteiger partial charge on any atom is 4.00 e. The Labute approximate surface area is 185 Å². The molecule has 0 radical (unpaired) electrons. The van der Waals surface area contributed by atoms with Crippen molar-refractivity contribution in [2.75, 3.05) is 6.61 Å². The van der Waals surface area contributed by atoms with Crippen molar-refractivity contribution < 1.29 is 55.4 Å². The number of rotatable bonds is 5. The van der Waals surface area contributed by atoms with Gasteiger partial charge in [0.2, 0.25) is 0 Å². The van der Waals surface area contributed by atoms with Crippen molar-refractivity contribution in [1.82, 2.24) is 0 Å². The predicted molar refractivity (Wildman–Crippen MR) is 99.2 cm³/mol. The Bertz CT molecular complexity index is 629. The summed E-state index contributed by atoms with van der Waals surface area (Å²) in [5, 5.41) is 2.66. The minimum absolute atomic E-state index is 0. The molecule has 0 atom stereocenters. The Morgan fingerprint density at radius 2 is 1.60 bits per heavy atom. The van der Waals surface area contributed by atoms with Gasteiger partial charge in [0.25, 0.3) is 0 Å². The predicted octanol–water partition coefficient (Wildman–Crippen LogP) is -0.246. The van der Waals surface area contributed by atoms with E-state index in [2.05, 4.69) is 86.4 Å². The van der Waals surface area contributed by atoms with E-state index >= 15 is 0 Å². The molecular formula is C20H26Cl2OSiZr. The molecule has 3 rings (SSSR count). The Morgan fingerprint density at radius 1 is 0.960 bits per heavy atom. The molecule has 1 nitrogen and oxygen atoms in total. The Morgan fingerprint density at radius 3 is 2.20 bits per heavy atom. The molecule has 3 aromatic rings. The van der Waals surface area contributed by atoms with Gasteiger partial charge in [-0.3, -0.25) is 0 Å². The fourth-order valence-electron chi connectivity index (χ4n) is 2.31. The van der Waals surface area contributed by atoms with Crippen LogP contribution < -0.4 is 24.8 Å². The third kappa shape index (κ3) is 11.2. The molecule has 0 bridgehead atoms. The molecular weight excluding hydrogens is 446 g/mol. The Hall–Kier alpha value is -0.180. The van der Waals surface area contributed by atoms with Crippen molar-refractivity contribution >= 4 is 19.1 Å². The van der Waals surface area contributed by atoms with Gasteiger partial charge in [0, 0.05) is 6.61 Å². The fraction of sp³-hybridized carbons (Fsp3) is 0.300. The van der Waals surface area contributed by atoms with Crippen LogP contribution in [-0.4, -0.2) is 14.9 Å². The third-order valence-electron chi connectivity index (χ3n) is 3.42. The first-order valence-electron chi connectivity index (χ1n) is 8.00. The van der Waals surface area contributed by atoms with Crippen molar-refractivity contribution in [1.29, 1.82) is 0 Å². The zero-order valence-corrected chi connectivity index (χ0v) is 20.1. The molecule has 0 aliphatic carbocycles. The van der Waals surface area contributed by atoms with Crippen LogP contribution in [0.25, 0.3) is 10.8 Å². The number of aryl methyl sites for hydroxylation is 1. The molecule has 0 spiro atoms. The van der Waals surface area contributed by atoms with Crippen LogP contribution in [0, 0.1) is 0 Å². The van der Waals surface area contributed by atoms with Crippen LogP contribution in [-0.2, 0) is 37.1 Å². The Balaban J connectivity index is 0. The van der Waals surface area contributed by atoms with Crippen molar-refractivity contribution in [3.05, 3.63) is 72.3 Å². The van der Waals surface area contributed by atoms with Crippen LogP contribution in [0.4, 0.5) is 0 Å². The molecule has 0 unspecified atom stereocenters. The van der Waals surface area contributed by atoms with Gasteiger partial charge < -0.3 is 29.2 Å². The van der Waals surface area contributed by atoms with E-state index in [-0.39, 0.29) is 51.0 Å². The van der Waals surface area contributed by atoms with Crippen LogP contribution in [0.15, 0.2) is 66.7 Å². The van der Waals surface area contributed by atoms with Gasteiger partial charge in [-0.05, 0) is 26.1 Å². The maximum atomic E-state index is 5.77. The molecule has 0 aromatic heterocycles. The first kappa shape index (κ1) is 27.0. The molecule has 0 aliphatic rings.